The van der Waals surface area contributed by atoms with Crippen molar-refractivity contribution in [2.24, 2.45) is 39.9 Å². The largest absolute Gasteiger partial charge is 0.480 e. The second-order valence-electron chi connectivity index (χ2n) is 10.0. The number of carbonyl (C=O) groups is 4. The number of carbonyl (C=O) groups excluding carboxylic acids is 3. The van der Waals surface area contributed by atoms with Crippen LogP contribution in [0.4, 0.5) is 0 Å². The number of amides is 3. The van der Waals surface area contributed by atoms with Gasteiger partial charge in [0.05, 0.1) is 6.04 Å². The van der Waals surface area contributed by atoms with E-state index in [0.29, 0.717) is 12.8 Å². The SMILES string of the molecule is CC(C)CC(N)C(=O)NC(C(=O)NC(CC(C)C)C(=O)NC(CCCN=C(N)N)C(=O)O)C(C)C. The van der Waals surface area contributed by atoms with Crippen LogP contribution in [0.5, 0.6) is 0 Å². The summed E-state index contributed by atoms with van der Waals surface area (Å²) in [6.45, 7) is 11.4. The Hall–Kier alpha value is -2.89. The lowest BCUT2D eigenvalue weighted by Crippen LogP contribution is -2.58. The van der Waals surface area contributed by atoms with Crippen LogP contribution in [0.2, 0.25) is 0 Å². The second-order valence-corrected chi connectivity index (χ2v) is 10.0. The molecular formula is C23H45N7O5. The molecule has 0 spiro atoms. The Labute approximate surface area is 208 Å². The zero-order chi connectivity index (χ0) is 27.3. The number of aliphatic carboxylic acids is 1. The van der Waals surface area contributed by atoms with Crippen molar-refractivity contribution in [1.82, 2.24) is 16.0 Å². The van der Waals surface area contributed by atoms with E-state index >= 15 is 0 Å². The topological polar surface area (TPSA) is 215 Å². The smallest absolute Gasteiger partial charge is 0.326 e. The Bertz CT molecular complexity index is 736. The molecular weight excluding hydrogens is 454 g/mol. The summed E-state index contributed by atoms with van der Waals surface area (Å²) in [5.41, 5.74) is 16.5. The molecule has 4 atom stereocenters. The van der Waals surface area contributed by atoms with Crippen molar-refractivity contribution in [2.45, 2.75) is 91.4 Å². The van der Waals surface area contributed by atoms with E-state index in [-0.39, 0.29) is 43.1 Å². The van der Waals surface area contributed by atoms with E-state index in [0.717, 1.165) is 0 Å². The molecule has 10 N–H and O–H groups in total. The molecule has 0 heterocycles. The molecule has 0 saturated carbocycles. The quantitative estimate of drug-likeness (QED) is 0.0844. The number of nitrogens with two attached hydrogens (primary N) is 3. The van der Waals surface area contributed by atoms with Gasteiger partial charge in [0.1, 0.15) is 18.1 Å². The highest BCUT2D eigenvalue weighted by molar-refractivity contribution is 5.94. The van der Waals surface area contributed by atoms with Crippen LogP contribution >= 0.6 is 0 Å². The Morgan fingerprint density at radius 3 is 1.80 bits per heavy atom. The average Bonchev–Trinajstić information content (AvgIpc) is 2.71. The van der Waals surface area contributed by atoms with Crippen molar-refractivity contribution in [3.63, 3.8) is 0 Å². The standard InChI is InChI=1S/C23H45N7O5/c1-12(2)10-15(24)19(31)30-18(14(5)6)21(33)29-17(11-13(3)4)20(32)28-16(22(34)35)8-7-9-27-23(25)26/h12-18H,7-11,24H2,1-6H3,(H,28,32)(H,29,33)(H,30,31)(H,34,35)(H4,25,26,27). The minimum absolute atomic E-state index is 0.0303. The molecule has 12 nitrogen and oxygen atoms in total. The minimum atomic E-state index is -1.20. The molecule has 0 bridgehead atoms. The first kappa shape index (κ1) is 32.1. The van der Waals surface area contributed by atoms with Crippen molar-refractivity contribution in [2.75, 3.05) is 6.54 Å². The summed E-state index contributed by atoms with van der Waals surface area (Å²) in [5.74, 6) is -2.93. The first-order valence-electron chi connectivity index (χ1n) is 12.1. The number of carboxylic acid groups (broad SMARTS) is 1. The molecule has 0 aliphatic carbocycles. The summed E-state index contributed by atoms with van der Waals surface area (Å²) in [7, 11) is 0. The summed E-state index contributed by atoms with van der Waals surface area (Å²) < 4.78 is 0. The fraction of sp³-hybridized carbons (Fsp3) is 0.783. The number of carboxylic acids is 1. The highest BCUT2D eigenvalue weighted by Gasteiger charge is 2.32. The number of rotatable bonds is 16. The number of hydrogen-bond donors (Lipinski definition) is 7. The minimum Gasteiger partial charge on any atom is -0.480 e. The fourth-order valence-electron chi connectivity index (χ4n) is 3.41. The summed E-state index contributed by atoms with van der Waals surface area (Å²) in [6, 6.07) is -3.81. The maximum absolute atomic E-state index is 13.1. The summed E-state index contributed by atoms with van der Waals surface area (Å²) in [6.07, 6.45) is 1.20. The highest BCUT2D eigenvalue weighted by atomic mass is 16.4. The van der Waals surface area contributed by atoms with Gasteiger partial charge in [0.25, 0.3) is 0 Å². The molecule has 0 radical (unpaired) electrons. The summed E-state index contributed by atoms with van der Waals surface area (Å²) in [5, 5.41) is 17.4. The Balaban J connectivity index is 5.39. The van der Waals surface area contributed by atoms with E-state index in [4.69, 9.17) is 17.2 Å². The highest BCUT2D eigenvalue weighted by Crippen LogP contribution is 2.10. The van der Waals surface area contributed by atoms with Gasteiger partial charge in [-0.25, -0.2) is 4.79 Å². The molecule has 0 fully saturated rings. The molecule has 0 aromatic carbocycles. The number of hydrogen-bond acceptors (Lipinski definition) is 6. The lowest BCUT2D eigenvalue weighted by molar-refractivity contribution is -0.142. The Morgan fingerprint density at radius 1 is 0.800 bits per heavy atom. The van der Waals surface area contributed by atoms with E-state index in [2.05, 4.69) is 20.9 Å². The van der Waals surface area contributed by atoms with Crippen molar-refractivity contribution in [3.8, 4) is 0 Å². The monoisotopic (exact) mass is 499 g/mol. The van der Waals surface area contributed by atoms with Gasteiger partial charge in [-0.1, -0.05) is 41.5 Å². The Morgan fingerprint density at radius 2 is 1.34 bits per heavy atom. The lowest BCUT2D eigenvalue weighted by atomic mass is 9.98. The first-order chi connectivity index (χ1) is 16.1. The second kappa shape index (κ2) is 15.9. The average molecular weight is 500 g/mol. The fourth-order valence-corrected chi connectivity index (χ4v) is 3.41. The lowest BCUT2D eigenvalue weighted by Gasteiger charge is -2.28. The van der Waals surface area contributed by atoms with Gasteiger partial charge in [-0.3, -0.25) is 19.4 Å². The molecule has 0 saturated heterocycles. The number of nitrogens with one attached hydrogen (secondary N) is 3. The van der Waals surface area contributed by atoms with E-state index in [1.807, 2.05) is 27.7 Å². The third-order valence-electron chi connectivity index (χ3n) is 5.21. The van der Waals surface area contributed by atoms with Crippen molar-refractivity contribution < 1.29 is 24.3 Å². The van der Waals surface area contributed by atoms with Gasteiger partial charge in [0.2, 0.25) is 17.7 Å². The zero-order valence-corrected chi connectivity index (χ0v) is 21.8. The summed E-state index contributed by atoms with van der Waals surface area (Å²) >= 11 is 0. The van der Waals surface area contributed by atoms with Crippen LogP contribution in [0.25, 0.3) is 0 Å². The third kappa shape index (κ3) is 13.5. The molecule has 0 aliphatic heterocycles. The van der Waals surface area contributed by atoms with Crippen molar-refractivity contribution in [3.05, 3.63) is 0 Å². The Kier molecular flexibility index (Phi) is 14.6. The number of guanidine groups is 1. The van der Waals surface area contributed by atoms with Crippen LogP contribution in [-0.4, -0.2) is 65.5 Å². The molecule has 35 heavy (non-hydrogen) atoms. The van der Waals surface area contributed by atoms with Crippen LogP contribution in [0.1, 0.15) is 67.2 Å². The molecule has 0 aliphatic rings. The molecule has 0 aromatic rings. The maximum Gasteiger partial charge on any atom is 0.326 e. The van der Waals surface area contributed by atoms with E-state index in [1.54, 1.807) is 13.8 Å². The van der Waals surface area contributed by atoms with Crippen LogP contribution < -0.4 is 33.2 Å². The first-order valence-corrected chi connectivity index (χ1v) is 12.1. The molecule has 4 unspecified atom stereocenters. The van der Waals surface area contributed by atoms with Crippen LogP contribution in [0.15, 0.2) is 4.99 Å². The van der Waals surface area contributed by atoms with Gasteiger partial charge in [0.15, 0.2) is 5.96 Å². The molecule has 3 amide bonds. The zero-order valence-electron chi connectivity index (χ0n) is 21.8. The van der Waals surface area contributed by atoms with Crippen LogP contribution in [0.3, 0.4) is 0 Å². The van der Waals surface area contributed by atoms with E-state index in [1.165, 1.54) is 0 Å². The molecule has 0 rings (SSSR count). The predicted molar refractivity (Wildman–Crippen MR) is 135 cm³/mol. The van der Waals surface area contributed by atoms with Gasteiger partial charge < -0.3 is 38.3 Å². The van der Waals surface area contributed by atoms with Crippen molar-refractivity contribution in [1.29, 1.82) is 0 Å². The maximum atomic E-state index is 13.1. The van der Waals surface area contributed by atoms with Crippen molar-refractivity contribution >= 4 is 29.7 Å². The predicted octanol–water partition coefficient (Wildman–Crippen LogP) is -0.345. The van der Waals surface area contributed by atoms with E-state index in [9.17, 15) is 24.3 Å². The van der Waals surface area contributed by atoms with Gasteiger partial charge in [-0.2, -0.15) is 0 Å². The third-order valence-corrected chi connectivity index (χ3v) is 5.21. The molecule has 12 heteroatoms. The number of aliphatic imine (C=N–C) groups is 1. The van der Waals surface area contributed by atoms with Gasteiger partial charge in [-0.05, 0) is 43.4 Å². The molecule has 0 aromatic heterocycles. The van der Waals surface area contributed by atoms with Gasteiger partial charge in [0, 0.05) is 6.54 Å². The van der Waals surface area contributed by atoms with Gasteiger partial charge in [-0.15, -0.1) is 0 Å². The van der Waals surface area contributed by atoms with Gasteiger partial charge >= 0.3 is 5.97 Å². The normalized spacial score (nSPS) is 14.7. The van der Waals surface area contributed by atoms with Crippen LogP contribution in [-0.2, 0) is 19.2 Å². The molecule has 202 valence electrons. The van der Waals surface area contributed by atoms with E-state index < -0.39 is 47.9 Å². The number of nitrogens with zero attached hydrogens (tertiary/aromatic N) is 1. The summed E-state index contributed by atoms with van der Waals surface area (Å²) in [4.78, 5) is 53.9. The van der Waals surface area contributed by atoms with Crippen LogP contribution in [0, 0.1) is 17.8 Å².